The van der Waals surface area contributed by atoms with Gasteiger partial charge in [-0.2, -0.15) is 9.57 Å². The molecule has 1 N–H and O–H groups in total. The van der Waals surface area contributed by atoms with E-state index in [1.807, 2.05) is 6.07 Å². The highest BCUT2D eigenvalue weighted by Gasteiger charge is 2.27. The Balaban J connectivity index is 1.89. The molecule has 0 atom stereocenters. The predicted octanol–water partition coefficient (Wildman–Crippen LogP) is 3.38. The number of carbonyl (C=O) groups is 1. The molecule has 0 saturated carbocycles. The standard InChI is InChI=1S/C21H23N3O4S/c1-28-20-11-10-18(29(26,27)24-12-4-2-3-5-13-24)14-19(20)21(25)23-17-8-6-16(15-22)7-9-17/h6-11,14H,2-5,12-13H2,1H3,(H,23,25). The van der Waals surface area contributed by atoms with Gasteiger partial charge in [-0.05, 0) is 55.3 Å². The van der Waals surface area contributed by atoms with Crippen molar-refractivity contribution in [2.45, 2.75) is 30.6 Å². The minimum atomic E-state index is -3.69. The number of nitrogens with one attached hydrogen (secondary N) is 1. The van der Waals surface area contributed by atoms with Gasteiger partial charge < -0.3 is 10.1 Å². The second-order valence-corrected chi connectivity index (χ2v) is 8.76. The lowest BCUT2D eigenvalue weighted by Crippen LogP contribution is -2.32. The Morgan fingerprint density at radius 3 is 2.31 bits per heavy atom. The summed E-state index contributed by atoms with van der Waals surface area (Å²) in [6.07, 6.45) is 3.71. The highest BCUT2D eigenvalue weighted by atomic mass is 32.2. The summed E-state index contributed by atoms with van der Waals surface area (Å²) in [5.74, 6) is -0.203. The lowest BCUT2D eigenvalue weighted by atomic mass is 10.1. The van der Waals surface area contributed by atoms with Crippen molar-refractivity contribution < 1.29 is 17.9 Å². The van der Waals surface area contributed by atoms with Gasteiger partial charge in [-0.3, -0.25) is 4.79 Å². The molecule has 0 radical (unpaired) electrons. The number of nitrogens with zero attached hydrogens (tertiary/aromatic N) is 2. The monoisotopic (exact) mass is 413 g/mol. The molecule has 1 aliphatic rings. The quantitative estimate of drug-likeness (QED) is 0.810. The van der Waals surface area contributed by atoms with Crippen LogP contribution in [-0.4, -0.2) is 38.8 Å². The molecule has 1 saturated heterocycles. The fourth-order valence-electron chi connectivity index (χ4n) is 3.28. The van der Waals surface area contributed by atoms with E-state index in [0.29, 0.717) is 24.3 Å². The lowest BCUT2D eigenvalue weighted by Gasteiger charge is -2.20. The van der Waals surface area contributed by atoms with Gasteiger partial charge in [-0.1, -0.05) is 12.8 Å². The molecule has 2 aromatic carbocycles. The van der Waals surface area contributed by atoms with Gasteiger partial charge >= 0.3 is 0 Å². The molecule has 7 nitrogen and oxygen atoms in total. The second kappa shape index (κ2) is 9.07. The fourth-order valence-corrected chi connectivity index (χ4v) is 4.83. The number of anilines is 1. The number of hydrogen-bond donors (Lipinski definition) is 1. The summed E-state index contributed by atoms with van der Waals surface area (Å²) in [6.45, 7) is 0.974. The zero-order valence-corrected chi connectivity index (χ0v) is 17.0. The molecule has 1 fully saturated rings. The van der Waals surface area contributed by atoms with E-state index in [1.165, 1.54) is 29.6 Å². The van der Waals surface area contributed by atoms with Crippen molar-refractivity contribution in [1.82, 2.24) is 4.31 Å². The summed E-state index contributed by atoms with van der Waals surface area (Å²) >= 11 is 0. The maximum atomic E-state index is 13.1. The van der Waals surface area contributed by atoms with Gasteiger partial charge in [0.15, 0.2) is 0 Å². The van der Waals surface area contributed by atoms with Crippen LogP contribution in [0.1, 0.15) is 41.6 Å². The smallest absolute Gasteiger partial charge is 0.259 e. The minimum absolute atomic E-state index is 0.0742. The zero-order chi connectivity index (χ0) is 20.9. The van der Waals surface area contributed by atoms with Gasteiger partial charge in [-0.25, -0.2) is 8.42 Å². The Morgan fingerprint density at radius 1 is 1.07 bits per heavy atom. The summed E-state index contributed by atoms with van der Waals surface area (Å²) < 4.78 is 32.9. The van der Waals surface area contributed by atoms with Crippen molar-refractivity contribution in [1.29, 1.82) is 5.26 Å². The van der Waals surface area contributed by atoms with Crippen molar-refractivity contribution >= 4 is 21.6 Å². The van der Waals surface area contributed by atoms with Gasteiger partial charge in [0.1, 0.15) is 5.75 Å². The van der Waals surface area contributed by atoms with Crippen molar-refractivity contribution in [2.75, 3.05) is 25.5 Å². The number of hydrogen-bond acceptors (Lipinski definition) is 5. The van der Waals surface area contributed by atoms with Crippen LogP contribution in [0.5, 0.6) is 5.75 Å². The van der Waals surface area contributed by atoms with E-state index in [1.54, 1.807) is 24.3 Å². The zero-order valence-electron chi connectivity index (χ0n) is 16.2. The number of benzene rings is 2. The third kappa shape index (κ3) is 4.75. The number of sulfonamides is 1. The number of methoxy groups -OCH3 is 1. The van der Waals surface area contributed by atoms with Crippen molar-refractivity contribution in [2.24, 2.45) is 0 Å². The molecule has 152 valence electrons. The summed E-state index contributed by atoms with van der Waals surface area (Å²) in [4.78, 5) is 12.9. The second-order valence-electron chi connectivity index (χ2n) is 6.82. The number of carbonyl (C=O) groups excluding carboxylic acids is 1. The average Bonchev–Trinajstić information content (AvgIpc) is 3.04. The van der Waals surface area contributed by atoms with Crippen molar-refractivity contribution in [3.05, 3.63) is 53.6 Å². The molecule has 0 unspecified atom stereocenters. The molecule has 1 heterocycles. The molecule has 29 heavy (non-hydrogen) atoms. The Hall–Kier alpha value is -2.89. The van der Waals surface area contributed by atoms with Gasteiger partial charge in [0, 0.05) is 18.8 Å². The molecule has 2 aromatic rings. The maximum Gasteiger partial charge on any atom is 0.259 e. The van der Waals surface area contributed by atoms with Crippen LogP contribution in [0.4, 0.5) is 5.69 Å². The summed E-state index contributed by atoms with van der Waals surface area (Å²) in [7, 11) is -2.26. The third-order valence-corrected chi connectivity index (χ3v) is 6.78. The van der Waals surface area contributed by atoms with Crippen LogP contribution in [-0.2, 0) is 10.0 Å². The van der Waals surface area contributed by atoms with Crippen molar-refractivity contribution in [3.63, 3.8) is 0 Å². The van der Waals surface area contributed by atoms with Gasteiger partial charge in [0.2, 0.25) is 10.0 Å². The minimum Gasteiger partial charge on any atom is -0.496 e. The van der Waals surface area contributed by atoms with Gasteiger partial charge in [-0.15, -0.1) is 0 Å². The number of rotatable bonds is 5. The Bertz CT molecular complexity index is 1020. The first-order valence-electron chi connectivity index (χ1n) is 9.45. The molecule has 1 aliphatic heterocycles. The van der Waals surface area contributed by atoms with Crippen LogP contribution >= 0.6 is 0 Å². The predicted molar refractivity (Wildman–Crippen MR) is 109 cm³/mol. The maximum absolute atomic E-state index is 13.1. The molecular formula is C21H23N3O4S. The average molecular weight is 413 g/mol. The summed E-state index contributed by atoms with van der Waals surface area (Å²) in [6, 6.07) is 12.7. The fraction of sp³-hybridized carbons (Fsp3) is 0.333. The molecule has 0 bridgehead atoms. The first-order chi connectivity index (χ1) is 14.0. The third-order valence-electron chi connectivity index (χ3n) is 4.89. The highest BCUT2D eigenvalue weighted by Crippen LogP contribution is 2.27. The first kappa shape index (κ1) is 20.8. The Kier molecular flexibility index (Phi) is 6.52. The van der Waals surface area contributed by atoms with Crippen LogP contribution in [0.2, 0.25) is 0 Å². The van der Waals surface area contributed by atoms with Crippen LogP contribution in [0.15, 0.2) is 47.4 Å². The lowest BCUT2D eigenvalue weighted by molar-refractivity contribution is 0.102. The molecule has 0 aromatic heterocycles. The number of nitriles is 1. The van der Waals surface area contributed by atoms with Crippen LogP contribution in [0.25, 0.3) is 0 Å². The van der Waals surface area contributed by atoms with E-state index in [9.17, 15) is 13.2 Å². The Morgan fingerprint density at radius 2 is 1.72 bits per heavy atom. The van der Waals surface area contributed by atoms with E-state index < -0.39 is 15.9 Å². The van der Waals surface area contributed by atoms with E-state index in [-0.39, 0.29) is 16.2 Å². The van der Waals surface area contributed by atoms with E-state index >= 15 is 0 Å². The number of ether oxygens (including phenoxy) is 1. The summed E-state index contributed by atoms with van der Waals surface area (Å²) in [5, 5.41) is 11.6. The molecule has 0 aliphatic carbocycles. The number of amides is 1. The molecule has 1 amide bonds. The highest BCUT2D eigenvalue weighted by molar-refractivity contribution is 7.89. The normalized spacial score (nSPS) is 15.2. The molecule has 0 spiro atoms. The van der Waals surface area contributed by atoms with Gasteiger partial charge in [0.05, 0.1) is 29.2 Å². The van der Waals surface area contributed by atoms with E-state index in [2.05, 4.69) is 5.32 Å². The van der Waals surface area contributed by atoms with Crippen LogP contribution < -0.4 is 10.1 Å². The first-order valence-corrected chi connectivity index (χ1v) is 10.9. The SMILES string of the molecule is COc1ccc(S(=O)(=O)N2CCCCCC2)cc1C(=O)Nc1ccc(C#N)cc1. The van der Waals surface area contributed by atoms with E-state index in [0.717, 1.165) is 25.7 Å². The van der Waals surface area contributed by atoms with Crippen LogP contribution in [0.3, 0.4) is 0 Å². The molecular weight excluding hydrogens is 390 g/mol. The van der Waals surface area contributed by atoms with E-state index in [4.69, 9.17) is 10.00 Å². The topological polar surface area (TPSA) is 99.5 Å². The largest absolute Gasteiger partial charge is 0.496 e. The van der Waals surface area contributed by atoms with Crippen LogP contribution in [0, 0.1) is 11.3 Å². The summed E-state index contributed by atoms with van der Waals surface area (Å²) in [5.41, 5.74) is 1.11. The van der Waals surface area contributed by atoms with Crippen molar-refractivity contribution in [3.8, 4) is 11.8 Å². The molecule has 8 heteroatoms. The molecule has 3 rings (SSSR count). The van der Waals surface area contributed by atoms with Gasteiger partial charge in [0.25, 0.3) is 5.91 Å². The Labute approximate surface area is 171 Å².